The van der Waals surface area contributed by atoms with Gasteiger partial charge in [-0.2, -0.15) is 0 Å². The number of pyridine rings is 1. The van der Waals surface area contributed by atoms with E-state index in [4.69, 9.17) is 0 Å². The van der Waals surface area contributed by atoms with Crippen LogP contribution in [-0.4, -0.2) is 4.98 Å². The number of rotatable bonds is 0. The number of nitrogens with one attached hydrogen (secondary N) is 1. The van der Waals surface area contributed by atoms with E-state index in [0.29, 0.717) is 0 Å². The first kappa shape index (κ1) is 5.28. The molecule has 2 heterocycles. The van der Waals surface area contributed by atoms with Crippen molar-refractivity contribution in [2.75, 3.05) is 5.43 Å². The quantitative estimate of drug-likeness (QED) is 0.693. The number of halogens is 1. The third-order valence-electron chi connectivity index (χ3n) is 1.04. The summed E-state index contributed by atoms with van der Waals surface area (Å²) in [7, 11) is 0. The fourth-order valence-electron chi connectivity index (χ4n) is 0.643. The largest absolute Gasteiger partial charge is 0.255 e. The maximum absolute atomic E-state index is 4.08. The molecule has 0 aromatic carbocycles. The predicted octanol–water partition coefficient (Wildman–Crippen LogP) is 1.75. The molecule has 1 N–H and O–H groups in total. The zero-order valence-corrected chi connectivity index (χ0v) is 6.66. The average molecular weight is 233 g/mol. The van der Waals surface area contributed by atoms with Crippen molar-refractivity contribution in [1.29, 1.82) is 0 Å². The number of nitrogens with zero attached hydrogens (tertiary/aromatic N) is 2. The number of hydrogen-bond acceptors (Lipinski definition) is 3. The van der Waals surface area contributed by atoms with E-state index in [1.165, 1.54) is 3.57 Å². The van der Waals surface area contributed by atoms with Gasteiger partial charge in [0.1, 0.15) is 0 Å². The van der Waals surface area contributed by atoms with Crippen LogP contribution in [-0.2, 0) is 0 Å². The van der Waals surface area contributed by atoms with Crippen LogP contribution in [0.3, 0.4) is 0 Å². The van der Waals surface area contributed by atoms with E-state index in [1.54, 1.807) is 6.20 Å². The molecule has 3 nitrogen and oxygen atoms in total. The SMILES string of the molecule is c1cnc2c(c1)I=NN2. The summed E-state index contributed by atoms with van der Waals surface area (Å²) in [6.07, 6.45) is 1.77. The van der Waals surface area contributed by atoms with Gasteiger partial charge in [-0.15, -0.1) is 3.25 Å². The molecule has 1 aliphatic heterocycles. The molecule has 0 radical (unpaired) electrons. The predicted molar refractivity (Wildman–Crippen MR) is 43.0 cm³/mol. The molecule has 0 fully saturated rings. The van der Waals surface area contributed by atoms with E-state index in [1.807, 2.05) is 6.07 Å². The van der Waals surface area contributed by atoms with Crippen LogP contribution in [0.15, 0.2) is 21.6 Å². The minimum Gasteiger partial charge on any atom is -0.255 e. The lowest BCUT2D eigenvalue weighted by molar-refractivity contribution is 1.24. The Morgan fingerprint density at radius 3 is 3.44 bits per heavy atom. The third kappa shape index (κ3) is 0.827. The first-order valence-corrected chi connectivity index (χ1v) is 4.56. The van der Waals surface area contributed by atoms with E-state index < -0.39 is 0 Å². The molecule has 2 rings (SSSR count). The molecular weight excluding hydrogens is 229 g/mol. The highest BCUT2D eigenvalue weighted by Gasteiger charge is 2.03. The smallest absolute Gasteiger partial charge is 0.161 e. The fraction of sp³-hybridized carbons (Fsp3) is 0. The lowest BCUT2D eigenvalue weighted by atomic mass is 10.5. The standard InChI is InChI=1S/C5H4IN3/c1-2-4-5(7-3-1)8-9-6-4/h1-3H,(H,7,8). The van der Waals surface area contributed by atoms with Gasteiger partial charge >= 0.3 is 0 Å². The third-order valence-corrected chi connectivity index (χ3v) is 2.91. The van der Waals surface area contributed by atoms with E-state index in [9.17, 15) is 0 Å². The Bertz CT molecular complexity index is 258. The minimum absolute atomic E-state index is 0.126. The molecule has 1 aromatic rings. The van der Waals surface area contributed by atoms with Crippen LogP contribution in [0.2, 0.25) is 0 Å². The summed E-state index contributed by atoms with van der Waals surface area (Å²) in [5.41, 5.74) is 2.86. The van der Waals surface area contributed by atoms with E-state index in [2.05, 4.69) is 19.7 Å². The van der Waals surface area contributed by atoms with Gasteiger partial charge in [0, 0.05) is 6.20 Å². The van der Waals surface area contributed by atoms with Crippen molar-refractivity contribution in [3.63, 3.8) is 0 Å². The van der Waals surface area contributed by atoms with Crippen LogP contribution < -0.4 is 5.43 Å². The van der Waals surface area contributed by atoms with Gasteiger partial charge < -0.3 is 0 Å². The first-order chi connectivity index (χ1) is 4.47. The van der Waals surface area contributed by atoms with Gasteiger partial charge in [0.15, 0.2) is 5.82 Å². The normalized spacial score (nSPS) is 13.8. The van der Waals surface area contributed by atoms with Crippen LogP contribution >= 0.6 is 21.0 Å². The van der Waals surface area contributed by atoms with Crippen LogP contribution in [0.5, 0.6) is 0 Å². The minimum atomic E-state index is -0.126. The summed E-state index contributed by atoms with van der Waals surface area (Å²) in [4.78, 5) is 4.08. The Labute approximate surface area is 62.6 Å². The number of anilines is 1. The molecule has 46 valence electrons. The molecule has 1 aromatic heterocycles. The van der Waals surface area contributed by atoms with Crippen molar-refractivity contribution >= 4 is 26.9 Å². The molecule has 9 heavy (non-hydrogen) atoms. The summed E-state index contributed by atoms with van der Waals surface area (Å²) in [6, 6.07) is 4.01. The Balaban J connectivity index is 2.63. The molecule has 0 saturated carbocycles. The van der Waals surface area contributed by atoms with Gasteiger partial charge in [-0.1, -0.05) is 0 Å². The number of aromatic nitrogens is 1. The molecule has 0 saturated heterocycles. The van der Waals surface area contributed by atoms with Crippen molar-refractivity contribution in [3.8, 4) is 0 Å². The van der Waals surface area contributed by atoms with Crippen LogP contribution in [0.25, 0.3) is 0 Å². The zero-order valence-electron chi connectivity index (χ0n) is 4.50. The molecule has 0 atom stereocenters. The molecule has 0 bridgehead atoms. The van der Waals surface area contributed by atoms with Crippen LogP contribution in [0, 0.1) is 3.57 Å². The van der Waals surface area contributed by atoms with Gasteiger partial charge in [-0.25, -0.2) is 4.98 Å². The highest BCUT2D eigenvalue weighted by molar-refractivity contribution is 14.2. The van der Waals surface area contributed by atoms with Crippen molar-refractivity contribution in [2.24, 2.45) is 3.25 Å². The molecule has 0 amide bonds. The van der Waals surface area contributed by atoms with Gasteiger partial charge in [0.25, 0.3) is 0 Å². The zero-order chi connectivity index (χ0) is 6.10. The van der Waals surface area contributed by atoms with Crippen molar-refractivity contribution < 1.29 is 0 Å². The van der Waals surface area contributed by atoms with E-state index in [0.717, 1.165) is 5.82 Å². The lowest BCUT2D eigenvalue weighted by Crippen LogP contribution is -1.86. The van der Waals surface area contributed by atoms with Crippen LogP contribution in [0.4, 0.5) is 5.82 Å². The monoisotopic (exact) mass is 233 g/mol. The van der Waals surface area contributed by atoms with E-state index in [-0.39, 0.29) is 21.0 Å². The highest BCUT2D eigenvalue weighted by atomic mass is 127. The Morgan fingerprint density at radius 1 is 1.56 bits per heavy atom. The van der Waals surface area contributed by atoms with Crippen molar-refractivity contribution in [3.05, 3.63) is 21.9 Å². The Hall–Kier alpha value is -0.520. The summed E-state index contributed by atoms with van der Waals surface area (Å²) < 4.78 is 5.34. The summed E-state index contributed by atoms with van der Waals surface area (Å²) in [5, 5.41) is 0. The van der Waals surface area contributed by atoms with Crippen LogP contribution in [0.1, 0.15) is 0 Å². The summed E-state index contributed by atoms with van der Waals surface area (Å²) in [6.45, 7) is 0. The van der Waals surface area contributed by atoms with Crippen molar-refractivity contribution in [1.82, 2.24) is 4.98 Å². The average Bonchev–Trinajstić information content (AvgIpc) is 2.33. The Morgan fingerprint density at radius 2 is 2.56 bits per heavy atom. The lowest BCUT2D eigenvalue weighted by Gasteiger charge is -1.90. The fourth-order valence-corrected chi connectivity index (χ4v) is 2.11. The molecule has 0 aliphatic carbocycles. The second-order valence-electron chi connectivity index (χ2n) is 1.61. The molecule has 0 spiro atoms. The molecular formula is C5H4IN3. The van der Waals surface area contributed by atoms with Gasteiger partial charge in [0.05, 0.1) is 24.6 Å². The second-order valence-corrected chi connectivity index (χ2v) is 3.74. The Kier molecular flexibility index (Phi) is 1.18. The van der Waals surface area contributed by atoms with Gasteiger partial charge in [0.2, 0.25) is 0 Å². The van der Waals surface area contributed by atoms with Crippen molar-refractivity contribution in [2.45, 2.75) is 0 Å². The number of hydrogen-bond donors (Lipinski definition) is 1. The molecule has 0 unspecified atom stereocenters. The van der Waals surface area contributed by atoms with Gasteiger partial charge in [-0.3, -0.25) is 5.43 Å². The maximum atomic E-state index is 4.08. The first-order valence-electron chi connectivity index (χ1n) is 2.52. The summed E-state index contributed by atoms with van der Waals surface area (Å²) >= 11 is -0.126. The number of fused-ring (bicyclic) bond motifs is 1. The molecule has 1 aliphatic rings. The topological polar surface area (TPSA) is 37.3 Å². The second kappa shape index (κ2) is 2.02. The van der Waals surface area contributed by atoms with E-state index >= 15 is 0 Å². The summed E-state index contributed by atoms with van der Waals surface area (Å²) in [5.74, 6) is 0.949. The molecule has 4 heteroatoms. The van der Waals surface area contributed by atoms with Gasteiger partial charge in [-0.05, 0) is 12.1 Å². The maximum Gasteiger partial charge on any atom is 0.161 e. The highest BCUT2D eigenvalue weighted by Crippen LogP contribution is 2.26.